The minimum atomic E-state index is -1.05. The molecular formula is C31H37N9O5S2. The number of carbonyl (C=O) groups is 3. The van der Waals surface area contributed by atoms with E-state index in [1.54, 1.807) is 57.4 Å². The molecule has 4 aromatic rings. The van der Waals surface area contributed by atoms with Gasteiger partial charge in [0.05, 0.1) is 18.4 Å². The molecule has 0 radical (unpaired) electrons. The number of nitrogens with two attached hydrogens (primary N) is 2. The molecule has 0 saturated heterocycles. The fourth-order valence-corrected chi connectivity index (χ4v) is 5.85. The number of pyridine rings is 1. The van der Waals surface area contributed by atoms with Gasteiger partial charge in [-0.25, -0.2) is 19.7 Å². The summed E-state index contributed by atoms with van der Waals surface area (Å²) in [7, 11) is 4.87. The normalized spacial score (nSPS) is 11.9. The van der Waals surface area contributed by atoms with Crippen molar-refractivity contribution in [3.63, 3.8) is 0 Å². The number of nitrogen functional groups attached to an aromatic ring is 2. The smallest absolute Gasteiger partial charge is 0.329 e. The summed E-state index contributed by atoms with van der Waals surface area (Å²) in [5, 5.41) is 3.59. The number of fused-ring (bicyclic) bond motifs is 1. The lowest BCUT2D eigenvalue weighted by molar-refractivity contribution is -0.157. The second-order valence-electron chi connectivity index (χ2n) is 11.3. The monoisotopic (exact) mass is 679 g/mol. The van der Waals surface area contributed by atoms with E-state index in [0.717, 1.165) is 10.7 Å². The summed E-state index contributed by atoms with van der Waals surface area (Å²) in [5.74, 6) is -0.856. The van der Waals surface area contributed by atoms with Gasteiger partial charge in [0.15, 0.2) is 17.0 Å². The Bertz CT molecular complexity index is 1690. The fraction of sp³-hybridized carbons (Fsp3) is 0.355. The average molecular weight is 680 g/mol. The van der Waals surface area contributed by atoms with Crippen LogP contribution in [0.3, 0.4) is 0 Å². The third-order valence-electron chi connectivity index (χ3n) is 6.32. The molecule has 1 amide bonds. The summed E-state index contributed by atoms with van der Waals surface area (Å²) in [6, 6.07) is 11.4. The molecule has 16 heteroatoms. The largest absolute Gasteiger partial charge is 0.465 e. The van der Waals surface area contributed by atoms with Crippen molar-refractivity contribution in [3.8, 4) is 0 Å². The number of hydrogen-bond acceptors (Lipinski definition) is 15. The number of benzene rings is 1. The van der Waals surface area contributed by atoms with E-state index in [0.29, 0.717) is 34.7 Å². The van der Waals surface area contributed by atoms with Crippen LogP contribution in [0, 0.1) is 0 Å². The van der Waals surface area contributed by atoms with Crippen LogP contribution in [0.25, 0.3) is 11.2 Å². The first kappa shape index (κ1) is 35.2. The maximum Gasteiger partial charge on any atom is 0.329 e. The van der Waals surface area contributed by atoms with Gasteiger partial charge >= 0.3 is 11.9 Å². The van der Waals surface area contributed by atoms with Crippen molar-refractivity contribution in [2.75, 3.05) is 35.8 Å². The van der Waals surface area contributed by atoms with E-state index in [2.05, 4.69) is 30.2 Å². The molecule has 1 unspecified atom stereocenters. The molecule has 3 heterocycles. The molecule has 14 nitrogen and oxygen atoms in total. The molecule has 1 atom stereocenters. The first-order valence-electron chi connectivity index (χ1n) is 14.6. The van der Waals surface area contributed by atoms with Crippen LogP contribution in [-0.4, -0.2) is 73.8 Å². The molecular weight excluding hydrogens is 643 g/mol. The highest BCUT2D eigenvalue weighted by Gasteiger charge is 2.28. The number of hydrogen-bond donors (Lipinski definition) is 3. The highest BCUT2D eigenvalue weighted by atomic mass is 33.1. The van der Waals surface area contributed by atoms with Crippen molar-refractivity contribution in [2.45, 2.75) is 56.8 Å². The second kappa shape index (κ2) is 16.2. The topological polar surface area (TPSA) is 201 Å². The third kappa shape index (κ3) is 11.0. The van der Waals surface area contributed by atoms with Crippen molar-refractivity contribution in [1.82, 2.24) is 30.2 Å². The highest BCUT2D eigenvalue weighted by Crippen LogP contribution is 2.28. The Morgan fingerprint density at radius 2 is 1.79 bits per heavy atom. The molecule has 3 aromatic heterocycles. The molecule has 1 aromatic carbocycles. The lowest BCUT2D eigenvalue weighted by Gasteiger charge is -2.24. The molecule has 0 bridgehead atoms. The predicted molar refractivity (Wildman–Crippen MR) is 182 cm³/mol. The zero-order valence-electron chi connectivity index (χ0n) is 26.5. The summed E-state index contributed by atoms with van der Waals surface area (Å²) >= 11 is 0. The summed E-state index contributed by atoms with van der Waals surface area (Å²) in [4.78, 5) is 61.5. The minimum absolute atomic E-state index is 0.0189. The van der Waals surface area contributed by atoms with Crippen LogP contribution in [0.5, 0.6) is 0 Å². The highest BCUT2D eigenvalue weighted by molar-refractivity contribution is 8.76. The van der Waals surface area contributed by atoms with Crippen molar-refractivity contribution in [1.29, 1.82) is 0 Å². The standard InChI is InChI=1S/C31H37N9O5S2/c1-31(2,3)45-29(43)22(12-13-24(41)44-15-16-46-47-23-7-5-6-14-34-23)37-28(42)19-8-10-21(11-9-19)40(4)18-20-17-35-27-25(36-20)26(32)38-30(33)39-27/h5-11,14,17,22H,12-13,15-16,18H2,1-4H3,(H,37,42)(H4,32,33,35,38,39). The van der Waals surface area contributed by atoms with E-state index in [9.17, 15) is 14.4 Å². The van der Waals surface area contributed by atoms with Gasteiger partial charge in [0.25, 0.3) is 5.91 Å². The number of anilines is 3. The molecule has 0 aliphatic rings. The van der Waals surface area contributed by atoms with Crippen LogP contribution in [-0.2, 0) is 25.6 Å². The van der Waals surface area contributed by atoms with E-state index in [-0.39, 0.29) is 31.2 Å². The van der Waals surface area contributed by atoms with Gasteiger partial charge in [-0.05, 0) is 74.4 Å². The number of ether oxygens (including phenoxy) is 2. The van der Waals surface area contributed by atoms with E-state index in [4.69, 9.17) is 20.9 Å². The second-order valence-corrected chi connectivity index (χ2v) is 13.7. The number of nitrogens with one attached hydrogen (secondary N) is 1. The number of nitrogens with zero attached hydrogens (tertiary/aromatic N) is 6. The van der Waals surface area contributed by atoms with E-state index < -0.39 is 29.5 Å². The Morgan fingerprint density at radius 3 is 2.49 bits per heavy atom. The van der Waals surface area contributed by atoms with Gasteiger partial charge in [0, 0.05) is 36.7 Å². The van der Waals surface area contributed by atoms with Crippen molar-refractivity contribution >= 4 is 68.1 Å². The van der Waals surface area contributed by atoms with Gasteiger partial charge in [-0.3, -0.25) is 9.59 Å². The lowest BCUT2D eigenvalue weighted by atomic mass is 10.1. The molecule has 0 spiro atoms. The Kier molecular flexibility index (Phi) is 12.1. The van der Waals surface area contributed by atoms with Gasteiger partial charge in [0.1, 0.15) is 23.3 Å². The Labute approximate surface area is 280 Å². The fourth-order valence-electron chi connectivity index (χ4n) is 4.15. The van der Waals surface area contributed by atoms with E-state index in [1.807, 2.05) is 30.1 Å². The van der Waals surface area contributed by atoms with E-state index >= 15 is 0 Å². The van der Waals surface area contributed by atoms with Gasteiger partial charge in [0.2, 0.25) is 5.95 Å². The van der Waals surface area contributed by atoms with Crippen LogP contribution < -0.4 is 21.7 Å². The molecule has 5 N–H and O–H groups in total. The zero-order chi connectivity index (χ0) is 34.0. The first-order chi connectivity index (χ1) is 22.4. The summed E-state index contributed by atoms with van der Waals surface area (Å²) in [6.45, 7) is 5.79. The van der Waals surface area contributed by atoms with Crippen LogP contribution in [0.1, 0.15) is 49.7 Å². The predicted octanol–water partition coefficient (Wildman–Crippen LogP) is 3.82. The van der Waals surface area contributed by atoms with Crippen molar-refractivity contribution in [2.24, 2.45) is 0 Å². The minimum Gasteiger partial charge on any atom is -0.465 e. The molecule has 0 aliphatic carbocycles. The molecule has 4 rings (SSSR count). The maximum atomic E-state index is 13.2. The number of aromatic nitrogens is 5. The number of carbonyl (C=O) groups excluding carboxylic acids is 3. The van der Waals surface area contributed by atoms with Crippen LogP contribution in [0.15, 0.2) is 59.9 Å². The lowest BCUT2D eigenvalue weighted by Crippen LogP contribution is -2.44. The maximum absolute atomic E-state index is 13.2. The van der Waals surface area contributed by atoms with Crippen LogP contribution in [0.2, 0.25) is 0 Å². The molecule has 0 aliphatic heterocycles. The van der Waals surface area contributed by atoms with Gasteiger partial charge in [-0.15, -0.1) is 0 Å². The zero-order valence-corrected chi connectivity index (χ0v) is 28.1. The number of amides is 1. The summed E-state index contributed by atoms with van der Waals surface area (Å²) in [5.41, 5.74) is 13.2. The molecule has 0 fully saturated rings. The first-order valence-corrected chi connectivity index (χ1v) is 17.0. The molecule has 248 valence electrons. The molecule has 0 saturated carbocycles. The third-order valence-corrected chi connectivity index (χ3v) is 8.55. The average Bonchev–Trinajstić information content (AvgIpc) is 3.02. The van der Waals surface area contributed by atoms with Crippen LogP contribution in [0.4, 0.5) is 17.5 Å². The number of rotatable bonds is 14. The SMILES string of the molecule is CN(Cc1cnc2nc(N)nc(N)c2n1)c1ccc(C(=O)NC(CCC(=O)OCCSSc2ccccn2)C(=O)OC(C)(C)C)cc1. The van der Waals surface area contributed by atoms with Gasteiger partial charge in [-0.2, -0.15) is 9.97 Å². The number of esters is 2. The van der Waals surface area contributed by atoms with Crippen molar-refractivity contribution in [3.05, 3.63) is 66.1 Å². The Balaban J connectivity index is 1.31. The van der Waals surface area contributed by atoms with E-state index in [1.165, 1.54) is 21.6 Å². The summed E-state index contributed by atoms with van der Waals surface area (Å²) < 4.78 is 10.8. The molecule has 47 heavy (non-hydrogen) atoms. The quantitative estimate of drug-likeness (QED) is 0.0985. The van der Waals surface area contributed by atoms with Crippen molar-refractivity contribution < 1.29 is 23.9 Å². The Hall–Kier alpha value is -4.70. The summed E-state index contributed by atoms with van der Waals surface area (Å²) in [6.07, 6.45) is 3.24. The van der Waals surface area contributed by atoms with Crippen LogP contribution >= 0.6 is 21.6 Å². The van der Waals surface area contributed by atoms with Gasteiger partial charge < -0.3 is 31.2 Å². The Morgan fingerprint density at radius 1 is 1.02 bits per heavy atom. The van der Waals surface area contributed by atoms with Gasteiger partial charge in [-0.1, -0.05) is 16.9 Å².